The largest absolute Gasteiger partial charge is 0.320 e. The third-order valence-electron chi connectivity index (χ3n) is 0.838. The number of hydrogen-bond acceptors (Lipinski definition) is 2. The molecule has 0 atom stereocenters. The smallest absolute Gasteiger partial charge is 0.268 e. The number of hydroxylamine groups is 1. The van der Waals surface area contributed by atoms with E-state index in [1.807, 2.05) is 19.6 Å². The predicted molar refractivity (Wildman–Crippen MR) is 47.4 cm³/mol. The number of rotatable bonds is 3. The molecule has 0 radical (unpaired) electrons. The Labute approximate surface area is 68.5 Å². The first-order valence-corrected chi connectivity index (χ1v) is 6.87. The van der Waals surface area contributed by atoms with Crippen molar-refractivity contribution in [1.82, 2.24) is 5.48 Å². The lowest BCUT2D eigenvalue weighted by atomic mass is 10.3. The zero-order chi connectivity index (χ0) is 9.07. The van der Waals surface area contributed by atoms with Crippen LogP contribution in [-0.2, 0) is 9.32 Å². The second-order valence-corrected chi connectivity index (χ2v) is 7.85. The summed E-state index contributed by atoms with van der Waals surface area (Å²) in [7, 11) is -1.64. The summed E-state index contributed by atoms with van der Waals surface area (Å²) in [6, 6.07) is 0. The lowest BCUT2D eigenvalue weighted by Crippen LogP contribution is -2.37. The number of carbonyl (C=O) groups excluding carboxylic acids is 1. The lowest BCUT2D eigenvalue weighted by molar-refractivity contribution is -0.124. The van der Waals surface area contributed by atoms with Gasteiger partial charge in [-0.2, -0.15) is 0 Å². The fourth-order valence-electron chi connectivity index (χ4n) is 0.287. The van der Waals surface area contributed by atoms with Crippen LogP contribution in [0, 0.1) is 0 Å². The Bertz CT molecular complexity index is 172. The quantitative estimate of drug-likeness (QED) is 0.398. The summed E-state index contributed by atoms with van der Waals surface area (Å²) in [4.78, 5) is 10.9. The van der Waals surface area contributed by atoms with Gasteiger partial charge in [0.1, 0.15) is 0 Å². The van der Waals surface area contributed by atoms with E-state index in [-0.39, 0.29) is 5.91 Å². The average molecular weight is 173 g/mol. The van der Waals surface area contributed by atoms with Gasteiger partial charge in [-0.25, -0.2) is 5.48 Å². The van der Waals surface area contributed by atoms with Gasteiger partial charge < -0.3 is 4.53 Å². The first-order chi connectivity index (χ1) is 4.83. The maximum absolute atomic E-state index is 10.9. The summed E-state index contributed by atoms with van der Waals surface area (Å²) in [6.45, 7) is 11.1. The topological polar surface area (TPSA) is 38.3 Å². The van der Waals surface area contributed by atoms with Crippen LogP contribution in [0.15, 0.2) is 12.2 Å². The van der Waals surface area contributed by atoms with E-state index in [1.54, 1.807) is 6.92 Å². The minimum atomic E-state index is -1.64. The Morgan fingerprint density at radius 2 is 1.91 bits per heavy atom. The van der Waals surface area contributed by atoms with Crippen molar-refractivity contribution in [3.63, 3.8) is 0 Å². The molecule has 1 N–H and O–H groups in total. The number of amides is 1. The molecule has 0 spiro atoms. The molecule has 0 aliphatic rings. The maximum atomic E-state index is 10.9. The molecule has 1 amide bonds. The fraction of sp³-hybridized carbons (Fsp3) is 0.571. The highest BCUT2D eigenvalue weighted by molar-refractivity contribution is 6.69. The van der Waals surface area contributed by atoms with Gasteiger partial charge >= 0.3 is 0 Å². The molecule has 0 aliphatic heterocycles. The molecule has 64 valence electrons. The Morgan fingerprint density at radius 3 is 2.18 bits per heavy atom. The van der Waals surface area contributed by atoms with Crippen molar-refractivity contribution in [2.75, 3.05) is 0 Å². The van der Waals surface area contributed by atoms with Crippen molar-refractivity contribution in [2.24, 2.45) is 0 Å². The molecule has 0 unspecified atom stereocenters. The highest BCUT2D eigenvalue weighted by Gasteiger charge is 2.16. The molecule has 0 saturated carbocycles. The summed E-state index contributed by atoms with van der Waals surface area (Å²) in [5, 5.41) is 0. The SMILES string of the molecule is C=C(C)C(=O)NO[Si](C)(C)C. The van der Waals surface area contributed by atoms with Gasteiger partial charge in [-0.3, -0.25) is 4.79 Å². The van der Waals surface area contributed by atoms with Gasteiger partial charge in [0.25, 0.3) is 5.91 Å². The van der Waals surface area contributed by atoms with E-state index in [2.05, 4.69) is 12.1 Å². The summed E-state index contributed by atoms with van der Waals surface area (Å²) in [6.07, 6.45) is 0. The van der Waals surface area contributed by atoms with E-state index in [0.29, 0.717) is 5.57 Å². The zero-order valence-corrected chi connectivity index (χ0v) is 8.52. The summed E-state index contributed by atoms with van der Waals surface area (Å²) in [5.74, 6) is -0.243. The monoisotopic (exact) mass is 173 g/mol. The molecule has 0 fully saturated rings. The van der Waals surface area contributed by atoms with E-state index in [1.165, 1.54) is 0 Å². The van der Waals surface area contributed by atoms with Gasteiger partial charge in [0, 0.05) is 5.57 Å². The van der Waals surface area contributed by atoms with E-state index in [0.717, 1.165) is 0 Å². The molecular weight excluding hydrogens is 158 g/mol. The summed E-state index contributed by atoms with van der Waals surface area (Å²) >= 11 is 0. The highest BCUT2D eigenvalue weighted by Crippen LogP contribution is 1.99. The summed E-state index contributed by atoms with van der Waals surface area (Å²) < 4.78 is 5.13. The molecular formula is C7H15NO2Si. The molecule has 0 heterocycles. The molecule has 0 saturated heterocycles. The van der Waals surface area contributed by atoms with Gasteiger partial charge in [0.05, 0.1) is 0 Å². The van der Waals surface area contributed by atoms with Crippen molar-refractivity contribution >= 4 is 14.2 Å². The number of hydrogen-bond donors (Lipinski definition) is 1. The first-order valence-electron chi connectivity index (χ1n) is 3.47. The van der Waals surface area contributed by atoms with E-state index >= 15 is 0 Å². The average Bonchev–Trinajstić information content (AvgIpc) is 1.80. The number of nitrogens with one attached hydrogen (secondary N) is 1. The fourth-order valence-corrected chi connectivity index (χ4v) is 0.685. The maximum Gasteiger partial charge on any atom is 0.268 e. The minimum Gasteiger partial charge on any atom is -0.320 e. The standard InChI is InChI=1S/C7H15NO2Si/c1-6(2)7(9)8-10-11(3,4)5/h1H2,2-5H3,(H,8,9). The lowest BCUT2D eigenvalue weighted by Gasteiger charge is -2.16. The predicted octanol–water partition coefficient (Wildman–Crippen LogP) is 1.45. The third kappa shape index (κ3) is 5.81. The van der Waals surface area contributed by atoms with Crippen LogP contribution in [0.4, 0.5) is 0 Å². The second-order valence-electron chi connectivity index (χ2n) is 3.43. The minimum absolute atomic E-state index is 0.243. The van der Waals surface area contributed by atoms with Gasteiger partial charge in [-0.15, -0.1) is 0 Å². The molecule has 4 heteroatoms. The van der Waals surface area contributed by atoms with E-state index in [4.69, 9.17) is 4.53 Å². The molecule has 11 heavy (non-hydrogen) atoms. The van der Waals surface area contributed by atoms with Gasteiger partial charge in [-0.05, 0) is 26.6 Å². The van der Waals surface area contributed by atoms with Crippen LogP contribution in [0.2, 0.25) is 19.6 Å². The van der Waals surface area contributed by atoms with Crippen LogP contribution in [-0.4, -0.2) is 14.2 Å². The number of carbonyl (C=O) groups is 1. The van der Waals surface area contributed by atoms with Crippen LogP contribution < -0.4 is 5.48 Å². The Kier molecular flexibility index (Phi) is 3.48. The van der Waals surface area contributed by atoms with Crippen LogP contribution in [0.5, 0.6) is 0 Å². The van der Waals surface area contributed by atoms with E-state index in [9.17, 15) is 4.79 Å². The van der Waals surface area contributed by atoms with Crippen LogP contribution >= 0.6 is 0 Å². The van der Waals surface area contributed by atoms with Gasteiger partial charge in [0.15, 0.2) is 0 Å². The van der Waals surface area contributed by atoms with Crippen molar-refractivity contribution in [3.8, 4) is 0 Å². The Balaban J connectivity index is 3.73. The van der Waals surface area contributed by atoms with Crippen LogP contribution in [0.25, 0.3) is 0 Å². The molecule has 0 aromatic carbocycles. The van der Waals surface area contributed by atoms with Crippen molar-refractivity contribution in [3.05, 3.63) is 12.2 Å². The van der Waals surface area contributed by atoms with Crippen molar-refractivity contribution < 1.29 is 9.32 Å². The normalized spacial score (nSPS) is 10.9. The summed E-state index contributed by atoms with van der Waals surface area (Å²) in [5.41, 5.74) is 2.81. The second kappa shape index (κ2) is 3.68. The van der Waals surface area contributed by atoms with E-state index < -0.39 is 8.32 Å². The van der Waals surface area contributed by atoms with Crippen LogP contribution in [0.1, 0.15) is 6.92 Å². The van der Waals surface area contributed by atoms with Gasteiger partial charge in [-0.1, -0.05) is 6.58 Å². The zero-order valence-electron chi connectivity index (χ0n) is 7.52. The third-order valence-corrected chi connectivity index (χ3v) is 1.55. The molecule has 0 aliphatic carbocycles. The van der Waals surface area contributed by atoms with Crippen molar-refractivity contribution in [1.29, 1.82) is 0 Å². The molecule has 0 bridgehead atoms. The molecule has 0 rings (SSSR count). The Morgan fingerprint density at radius 1 is 1.45 bits per heavy atom. The first kappa shape index (κ1) is 10.4. The van der Waals surface area contributed by atoms with Gasteiger partial charge in [0.2, 0.25) is 8.32 Å². The molecule has 0 aromatic rings. The molecule has 3 nitrogen and oxygen atoms in total. The van der Waals surface area contributed by atoms with Crippen LogP contribution in [0.3, 0.4) is 0 Å². The Hall–Kier alpha value is -0.613. The highest BCUT2D eigenvalue weighted by atomic mass is 28.4. The molecule has 0 aromatic heterocycles. The van der Waals surface area contributed by atoms with Crippen molar-refractivity contribution in [2.45, 2.75) is 26.6 Å².